The molecule has 0 spiro atoms. The first kappa shape index (κ1) is 7.25. The lowest BCUT2D eigenvalue weighted by Crippen LogP contribution is -2.21. The molecule has 0 aliphatic heterocycles. The second-order valence-corrected chi connectivity index (χ2v) is 4.37. The summed E-state index contributed by atoms with van der Waals surface area (Å²) in [4.78, 5) is 23.3. The first-order chi connectivity index (χ1) is 6.05. The van der Waals surface area contributed by atoms with Gasteiger partial charge in [-0.05, 0) is 32.4 Å². The molecule has 0 atom stereocenters. The second-order valence-electron chi connectivity index (χ2n) is 4.37. The van der Waals surface area contributed by atoms with Crippen LogP contribution in [0.4, 0.5) is 0 Å². The Kier molecular flexibility index (Phi) is 0.872. The molecule has 0 N–H and O–H groups in total. The summed E-state index contributed by atoms with van der Waals surface area (Å²) >= 11 is 0. The van der Waals surface area contributed by atoms with Crippen LogP contribution in [-0.4, -0.2) is 11.6 Å². The van der Waals surface area contributed by atoms with Gasteiger partial charge >= 0.3 is 0 Å². The molecule has 0 unspecified atom stereocenters. The van der Waals surface area contributed by atoms with Gasteiger partial charge in [0.25, 0.3) is 0 Å². The zero-order valence-corrected chi connectivity index (χ0v) is 7.68. The minimum Gasteiger partial charge on any atom is -0.294 e. The van der Waals surface area contributed by atoms with E-state index in [0.29, 0.717) is 0 Å². The first-order valence-electron chi connectivity index (χ1n) is 4.52. The molecule has 0 saturated heterocycles. The highest BCUT2D eigenvalue weighted by molar-refractivity contribution is 6.25. The highest BCUT2D eigenvalue weighted by Gasteiger charge is 2.81. The molecular weight excluding hydrogens is 164 g/mol. The molecule has 1 fully saturated rings. The third-order valence-corrected chi connectivity index (χ3v) is 4.02. The van der Waals surface area contributed by atoms with E-state index in [1.54, 1.807) is 12.2 Å². The van der Waals surface area contributed by atoms with E-state index in [9.17, 15) is 9.59 Å². The van der Waals surface area contributed by atoms with E-state index in [0.717, 1.165) is 17.6 Å². The number of allylic oxidation sites excluding steroid dienone is 4. The highest BCUT2D eigenvalue weighted by atomic mass is 16.2. The molecule has 0 aromatic rings. The zero-order valence-electron chi connectivity index (χ0n) is 7.68. The van der Waals surface area contributed by atoms with E-state index in [1.807, 2.05) is 13.8 Å². The molecule has 66 valence electrons. The summed E-state index contributed by atoms with van der Waals surface area (Å²) in [5, 5.41) is 0. The van der Waals surface area contributed by atoms with Crippen molar-refractivity contribution in [2.24, 2.45) is 10.8 Å². The monoisotopic (exact) mass is 174 g/mol. The van der Waals surface area contributed by atoms with E-state index in [2.05, 4.69) is 0 Å². The highest BCUT2D eigenvalue weighted by Crippen LogP contribution is 2.78. The van der Waals surface area contributed by atoms with Gasteiger partial charge in [0.15, 0.2) is 11.6 Å². The number of hydrogen-bond donors (Lipinski definition) is 0. The normalized spacial score (nSPS) is 45.7. The third kappa shape index (κ3) is 0.438. The first-order valence-corrected chi connectivity index (χ1v) is 4.52. The summed E-state index contributed by atoms with van der Waals surface area (Å²) in [6.07, 6.45) is 4.04. The maximum atomic E-state index is 11.6. The van der Waals surface area contributed by atoms with Crippen LogP contribution in [0.25, 0.3) is 0 Å². The Labute approximate surface area is 76.3 Å². The van der Waals surface area contributed by atoms with Crippen molar-refractivity contribution in [3.63, 3.8) is 0 Å². The summed E-state index contributed by atoms with van der Waals surface area (Å²) in [5.74, 6) is 0.0613. The molecule has 3 rings (SSSR count). The Morgan fingerprint density at radius 2 is 1.46 bits per heavy atom. The van der Waals surface area contributed by atoms with Gasteiger partial charge in [0.05, 0.1) is 0 Å². The largest absolute Gasteiger partial charge is 0.294 e. The smallest absolute Gasteiger partial charge is 0.170 e. The van der Waals surface area contributed by atoms with E-state index >= 15 is 0 Å². The number of carbonyl (C=O) groups excluding carboxylic acids is 2. The molecule has 0 aromatic carbocycles. The van der Waals surface area contributed by atoms with Crippen molar-refractivity contribution in [2.75, 3.05) is 0 Å². The Bertz CT molecular complexity index is 391. The van der Waals surface area contributed by atoms with Crippen molar-refractivity contribution in [1.29, 1.82) is 0 Å². The lowest BCUT2D eigenvalue weighted by Gasteiger charge is -2.11. The Morgan fingerprint density at radius 3 is 1.77 bits per heavy atom. The van der Waals surface area contributed by atoms with Crippen LogP contribution >= 0.6 is 0 Å². The van der Waals surface area contributed by atoms with Gasteiger partial charge in [0.1, 0.15) is 5.41 Å². The van der Waals surface area contributed by atoms with Crippen LogP contribution in [0.15, 0.2) is 23.3 Å². The number of rotatable bonds is 0. The van der Waals surface area contributed by atoms with Crippen molar-refractivity contribution in [1.82, 2.24) is 0 Å². The van der Waals surface area contributed by atoms with Crippen LogP contribution in [0.1, 0.15) is 20.3 Å². The van der Waals surface area contributed by atoms with E-state index in [-0.39, 0.29) is 17.0 Å². The van der Waals surface area contributed by atoms with Gasteiger partial charge in [-0.2, -0.15) is 0 Å². The summed E-state index contributed by atoms with van der Waals surface area (Å²) in [7, 11) is 0. The molecule has 0 bridgehead atoms. The van der Waals surface area contributed by atoms with Crippen LogP contribution in [0.3, 0.4) is 0 Å². The van der Waals surface area contributed by atoms with E-state index in [1.165, 1.54) is 0 Å². The molecule has 0 amide bonds. The van der Waals surface area contributed by atoms with Gasteiger partial charge in [-0.25, -0.2) is 0 Å². The maximum absolute atomic E-state index is 11.6. The zero-order chi connectivity index (χ0) is 9.43. The van der Waals surface area contributed by atoms with Gasteiger partial charge in [-0.3, -0.25) is 9.59 Å². The van der Waals surface area contributed by atoms with Crippen LogP contribution in [-0.2, 0) is 9.59 Å². The fraction of sp³-hybridized carbons (Fsp3) is 0.455. The van der Waals surface area contributed by atoms with Gasteiger partial charge in [-0.1, -0.05) is 11.1 Å². The lowest BCUT2D eigenvalue weighted by molar-refractivity contribution is -0.128. The lowest BCUT2D eigenvalue weighted by atomic mass is 9.90. The minimum absolute atomic E-state index is 0.0306. The summed E-state index contributed by atoms with van der Waals surface area (Å²) in [6.45, 7) is 3.92. The molecule has 1 saturated carbocycles. The summed E-state index contributed by atoms with van der Waals surface area (Å²) < 4.78 is 0. The van der Waals surface area contributed by atoms with Gasteiger partial charge in [-0.15, -0.1) is 0 Å². The molecule has 3 aliphatic rings. The van der Waals surface area contributed by atoms with E-state index < -0.39 is 5.41 Å². The molecule has 13 heavy (non-hydrogen) atoms. The Morgan fingerprint density at radius 1 is 1.00 bits per heavy atom. The topological polar surface area (TPSA) is 34.1 Å². The van der Waals surface area contributed by atoms with Gasteiger partial charge in [0.2, 0.25) is 0 Å². The second kappa shape index (κ2) is 1.57. The molecule has 0 radical (unpaired) electrons. The predicted molar refractivity (Wildman–Crippen MR) is 47.0 cm³/mol. The van der Waals surface area contributed by atoms with E-state index in [4.69, 9.17) is 0 Å². The quantitative estimate of drug-likeness (QED) is 0.520. The van der Waals surface area contributed by atoms with Crippen LogP contribution in [0.2, 0.25) is 0 Å². The molecule has 3 aliphatic carbocycles. The predicted octanol–water partition coefficient (Wildman–Crippen LogP) is 1.42. The molecule has 0 heterocycles. The average Bonchev–Trinajstić information content (AvgIpc) is 2.64. The van der Waals surface area contributed by atoms with Crippen molar-refractivity contribution in [3.8, 4) is 0 Å². The Hall–Kier alpha value is -1.18. The molecule has 0 aromatic heterocycles. The van der Waals surface area contributed by atoms with Crippen LogP contribution < -0.4 is 0 Å². The van der Waals surface area contributed by atoms with Crippen molar-refractivity contribution >= 4 is 11.6 Å². The van der Waals surface area contributed by atoms with Crippen molar-refractivity contribution in [3.05, 3.63) is 23.3 Å². The number of carbonyl (C=O) groups is 2. The minimum atomic E-state index is -0.652. The summed E-state index contributed by atoms with van der Waals surface area (Å²) in [6, 6.07) is 0. The van der Waals surface area contributed by atoms with Gasteiger partial charge in [0, 0.05) is 5.41 Å². The molecule has 2 heteroatoms. The molecular formula is C11H10O2. The van der Waals surface area contributed by atoms with Crippen LogP contribution in [0.5, 0.6) is 0 Å². The summed E-state index contributed by atoms with van der Waals surface area (Å²) in [5.41, 5.74) is 1.34. The molecule has 2 nitrogen and oxygen atoms in total. The standard InChI is InChI=1S/C11H10O2/c1-6-3-8(12)11-5-10(6,11)7(2)4-9(11)13/h3-4H,5H2,1-2H3. The Balaban J connectivity index is 2.30. The fourth-order valence-electron chi connectivity index (χ4n) is 3.22. The van der Waals surface area contributed by atoms with Crippen LogP contribution in [0, 0.1) is 10.8 Å². The third-order valence-electron chi connectivity index (χ3n) is 4.02. The van der Waals surface area contributed by atoms with Crippen molar-refractivity contribution in [2.45, 2.75) is 20.3 Å². The van der Waals surface area contributed by atoms with Gasteiger partial charge < -0.3 is 0 Å². The number of hydrogen-bond acceptors (Lipinski definition) is 2. The number of ketones is 2. The maximum Gasteiger partial charge on any atom is 0.170 e. The SMILES string of the molecule is CC1=CC(=O)C23CC12C(C)=CC3=O. The average molecular weight is 174 g/mol. The van der Waals surface area contributed by atoms with Crippen molar-refractivity contribution < 1.29 is 9.59 Å². The fourth-order valence-corrected chi connectivity index (χ4v) is 3.22.